The Balaban J connectivity index is 2.26. The van der Waals surface area contributed by atoms with E-state index in [1.165, 1.54) is 12.3 Å². The van der Waals surface area contributed by atoms with Crippen molar-refractivity contribution in [3.8, 4) is 0 Å². The number of aromatic nitrogens is 1. The van der Waals surface area contributed by atoms with Gasteiger partial charge in [-0.3, -0.25) is 9.78 Å². The molecule has 0 spiro atoms. The fourth-order valence-corrected chi connectivity index (χ4v) is 1.31. The van der Waals surface area contributed by atoms with Crippen LogP contribution in [0.1, 0.15) is 29.8 Å². The van der Waals surface area contributed by atoms with Gasteiger partial charge in [-0.2, -0.15) is 13.2 Å². The van der Waals surface area contributed by atoms with Gasteiger partial charge in [-0.25, -0.2) is 0 Å². The predicted molar refractivity (Wildman–Crippen MR) is 60.9 cm³/mol. The van der Waals surface area contributed by atoms with Crippen LogP contribution in [0.25, 0.3) is 0 Å². The molecule has 1 rings (SSSR count). The molecule has 0 atom stereocenters. The van der Waals surface area contributed by atoms with Gasteiger partial charge in [-0.15, -0.1) is 0 Å². The van der Waals surface area contributed by atoms with Crippen molar-refractivity contribution in [3.05, 3.63) is 24.0 Å². The lowest BCUT2D eigenvalue weighted by atomic mass is 10.2. The molecule has 0 saturated heterocycles. The quantitative estimate of drug-likeness (QED) is 0.798. The molecular weight excluding hydrogens is 247 g/mol. The van der Waals surface area contributed by atoms with Gasteiger partial charge in [0.05, 0.1) is 0 Å². The molecule has 100 valence electrons. The molecule has 1 aromatic heterocycles. The molecule has 0 aliphatic rings. The van der Waals surface area contributed by atoms with Crippen LogP contribution in [0.2, 0.25) is 0 Å². The number of carbonyl (C=O) groups excluding carboxylic acids is 1. The van der Waals surface area contributed by atoms with Gasteiger partial charge >= 0.3 is 6.18 Å². The van der Waals surface area contributed by atoms with E-state index in [1.54, 1.807) is 6.07 Å². The van der Waals surface area contributed by atoms with Crippen molar-refractivity contribution in [1.29, 1.82) is 0 Å². The van der Waals surface area contributed by atoms with Crippen molar-refractivity contribution in [2.75, 3.05) is 12.3 Å². The van der Waals surface area contributed by atoms with E-state index in [-0.39, 0.29) is 25.1 Å². The van der Waals surface area contributed by atoms with E-state index in [2.05, 4.69) is 10.3 Å². The molecule has 0 radical (unpaired) electrons. The first kappa shape index (κ1) is 14.3. The Hall–Kier alpha value is -1.79. The Kier molecular flexibility index (Phi) is 4.94. The lowest BCUT2D eigenvalue weighted by Gasteiger charge is -2.07. The number of hydrogen-bond acceptors (Lipinski definition) is 3. The van der Waals surface area contributed by atoms with Crippen LogP contribution in [0, 0.1) is 0 Å². The van der Waals surface area contributed by atoms with Gasteiger partial charge in [0.1, 0.15) is 5.69 Å². The number of halogens is 3. The molecular formula is C11H14F3N3O. The number of rotatable bonds is 5. The second-order valence-corrected chi connectivity index (χ2v) is 3.80. The first-order valence-electron chi connectivity index (χ1n) is 5.45. The highest BCUT2D eigenvalue weighted by atomic mass is 19.4. The molecule has 18 heavy (non-hydrogen) atoms. The third-order valence-electron chi connectivity index (χ3n) is 2.19. The number of nitrogens with one attached hydrogen (secondary N) is 1. The number of hydrogen-bond donors (Lipinski definition) is 2. The molecule has 0 fully saturated rings. The zero-order valence-corrected chi connectivity index (χ0v) is 9.63. The highest BCUT2D eigenvalue weighted by molar-refractivity contribution is 5.92. The average molecular weight is 261 g/mol. The fraction of sp³-hybridized carbons (Fsp3) is 0.455. The van der Waals surface area contributed by atoms with Gasteiger partial charge in [0.2, 0.25) is 0 Å². The lowest BCUT2D eigenvalue weighted by Crippen LogP contribution is -2.25. The minimum absolute atomic E-state index is 0.00582. The van der Waals surface area contributed by atoms with E-state index in [9.17, 15) is 18.0 Å². The standard InChI is InChI=1S/C11H14F3N3O/c12-11(13,14)4-1-2-5-17-10(18)9-7-8(15)3-6-16-9/h3,6-7H,1-2,4-5H2,(H2,15,16)(H,17,18). The van der Waals surface area contributed by atoms with Gasteiger partial charge < -0.3 is 11.1 Å². The molecule has 1 amide bonds. The molecule has 0 aliphatic heterocycles. The van der Waals surface area contributed by atoms with Crippen molar-refractivity contribution in [3.63, 3.8) is 0 Å². The Morgan fingerprint density at radius 2 is 2.11 bits per heavy atom. The molecule has 1 heterocycles. The summed E-state index contributed by atoms with van der Waals surface area (Å²) < 4.78 is 35.5. The third-order valence-corrected chi connectivity index (χ3v) is 2.19. The van der Waals surface area contributed by atoms with Crippen molar-refractivity contribution >= 4 is 11.6 Å². The summed E-state index contributed by atoms with van der Waals surface area (Å²) in [5, 5.41) is 2.49. The topological polar surface area (TPSA) is 68.0 Å². The van der Waals surface area contributed by atoms with Crippen molar-refractivity contribution in [2.45, 2.75) is 25.4 Å². The summed E-state index contributed by atoms with van der Waals surface area (Å²) in [4.78, 5) is 15.3. The monoisotopic (exact) mass is 261 g/mol. The summed E-state index contributed by atoms with van der Waals surface area (Å²) in [6.07, 6.45) is -3.31. The molecule has 3 N–H and O–H groups in total. The number of nitrogens with zero attached hydrogens (tertiary/aromatic N) is 1. The molecule has 0 bridgehead atoms. The molecule has 4 nitrogen and oxygen atoms in total. The summed E-state index contributed by atoms with van der Waals surface area (Å²) in [5.41, 5.74) is 6.04. The number of pyridine rings is 1. The third kappa shape index (κ3) is 5.51. The Bertz CT molecular complexity index is 407. The summed E-state index contributed by atoms with van der Waals surface area (Å²) in [6.45, 7) is 0.186. The number of anilines is 1. The highest BCUT2D eigenvalue weighted by Gasteiger charge is 2.25. The summed E-state index contributed by atoms with van der Waals surface area (Å²) in [6, 6.07) is 2.95. The number of alkyl halides is 3. The minimum Gasteiger partial charge on any atom is -0.399 e. The normalized spacial score (nSPS) is 11.3. The first-order valence-corrected chi connectivity index (χ1v) is 5.45. The zero-order chi connectivity index (χ0) is 13.6. The largest absolute Gasteiger partial charge is 0.399 e. The maximum absolute atomic E-state index is 11.8. The van der Waals surface area contributed by atoms with Gasteiger partial charge in [0, 0.05) is 24.8 Å². The van der Waals surface area contributed by atoms with Crippen LogP contribution in [-0.2, 0) is 0 Å². The molecule has 0 unspecified atom stereocenters. The van der Waals surface area contributed by atoms with Crippen molar-refractivity contribution in [2.24, 2.45) is 0 Å². The Morgan fingerprint density at radius 3 is 2.72 bits per heavy atom. The number of unbranched alkanes of at least 4 members (excludes halogenated alkanes) is 1. The van der Waals surface area contributed by atoms with Gasteiger partial charge in [0.25, 0.3) is 5.91 Å². The SMILES string of the molecule is Nc1ccnc(C(=O)NCCCCC(F)(F)F)c1. The van der Waals surface area contributed by atoms with E-state index in [0.29, 0.717) is 5.69 Å². The zero-order valence-electron chi connectivity index (χ0n) is 9.63. The number of nitrogen functional groups attached to an aromatic ring is 1. The van der Waals surface area contributed by atoms with Crippen LogP contribution in [-0.4, -0.2) is 23.6 Å². The van der Waals surface area contributed by atoms with E-state index in [1.807, 2.05) is 0 Å². The first-order chi connectivity index (χ1) is 8.38. The Labute approximate surface area is 102 Å². The summed E-state index contributed by atoms with van der Waals surface area (Å²) >= 11 is 0. The minimum atomic E-state index is -4.14. The number of amides is 1. The van der Waals surface area contributed by atoms with Crippen LogP contribution in [0.3, 0.4) is 0 Å². The summed E-state index contributed by atoms with van der Waals surface area (Å²) in [7, 11) is 0. The summed E-state index contributed by atoms with van der Waals surface area (Å²) in [5.74, 6) is -0.436. The second kappa shape index (κ2) is 6.23. The Morgan fingerprint density at radius 1 is 1.39 bits per heavy atom. The smallest absolute Gasteiger partial charge is 0.389 e. The van der Waals surface area contributed by atoms with Crippen LogP contribution in [0.4, 0.5) is 18.9 Å². The van der Waals surface area contributed by atoms with Crippen LogP contribution < -0.4 is 11.1 Å². The number of carbonyl (C=O) groups is 1. The van der Waals surface area contributed by atoms with E-state index >= 15 is 0 Å². The fourth-order valence-electron chi connectivity index (χ4n) is 1.31. The van der Waals surface area contributed by atoms with Crippen LogP contribution >= 0.6 is 0 Å². The van der Waals surface area contributed by atoms with E-state index < -0.39 is 18.5 Å². The maximum atomic E-state index is 11.8. The number of nitrogens with two attached hydrogens (primary N) is 1. The maximum Gasteiger partial charge on any atom is 0.389 e. The molecule has 1 aromatic rings. The molecule has 0 aromatic carbocycles. The van der Waals surface area contributed by atoms with Crippen molar-refractivity contribution < 1.29 is 18.0 Å². The van der Waals surface area contributed by atoms with Gasteiger partial charge in [-0.05, 0) is 25.0 Å². The average Bonchev–Trinajstić information content (AvgIpc) is 2.26. The molecule has 0 aliphatic carbocycles. The van der Waals surface area contributed by atoms with Crippen LogP contribution in [0.15, 0.2) is 18.3 Å². The molecule has 0 saturated carbocycles. The predicted octanol–water partition coefficient (Wildman–Crippen LogP) is 2.13. The van der Waals surface area contributed by atoms with Gasteiger partial charge in [-0.1, -0.05) is 0 Å². The lowest BCUT2D eigenvalue weighted by molar-refractivity contribution is -0.135. The van der Waals surface area contributed by atoms with Crippen molar-refractivity contribution in [1.82, 2.24) is 10.3 Å². The van der Waals surface area contributed by atoms with E-state index in [4.69, 9.17) is 5.73 Å². The van der Waals surface area contributed by atoms with Crippen LogP contribution in [0.5, 0.6) is 0 Å². The highest BCUT2D eigenvalue weighted by Crippen LogP contribution is 2.21. The van der Waals surface area contributed by atoms with Gasteiger partial charge in [0.15, 0.2) is 0 Å². The molecule has 7 heteroatoms. The second-order valence-electron chi connectivity index (χ2n) is 3.80. The van der Waals surface area contributed by atoms with E-state index in [0.717, 1.165) is 0 Å².